The molecule has 0 spiro atoms. The Morgan fingerprint density at radius 1 is 0.407 bits per heavy atom. The van der Waals surface area contributed by atoms with Crippen molar-refractivity contribution < 1.29 is 8.83 Å². The lowest BCUT2D eigenvalue weighted by atomic mass is 10.0. The van der Waals surface area contributed by atoms with Gasteiger partial charge in [-0.05, 0) is 95.1 Å². The molecule has 0 atom stereocenters. The Labute approximate surface area is 314 Å². The molecule has 11 aromatic rings. The topological polar surface area (TPSA) is 42.4 Å². The number of oxazole rings is 1. The number of fused-ring (bicyclic) bond motifs is 7. The number of thiophene rings is 1. The van der Waals surface area contributed by atoms with E-state index in [1.54, 1.807) is 0 Å². The normalized spacial score (nSPS) is 11.7. The van der Waals surface area contributed by atoms with E-state index in [4.69, 9.17) is 13.8 Å². The van der Waals surface area contributed by atoms with Gasteiger partial charge in [-0.25, -0.2) is 4.98 Å². The first-order valence-electron chi connectivity index (χ1n) is 18.0. The van der Waals surface area contributed by atoms with Crippen molar-refractivity contribution in [3.8, 4) is 33.7 Å². The lowest BCUT2D eigenvalue weighted by Crippen LogP contribution is -2.09. The third-order valence-electron chi connectivity index (χ3n) is 10.3. The number of anilines is 3. The molecule has 0 aliphatic rings. The van der Waals surface area contributed by atoms with Crippen LogP contribution in [-0.2, 0) is 0 Å². The van der Waals surface area contributed by atoms with Crippen LogP contribution in [0.1, 0.15) is 0 Å². The second-order valence-corrected chi connectivity index (χ2v) is 14.6. The molecule has 254 valence electrons. The Bertz CT molecular complexity index is 3140. The molecule has 0 amide bonds. The highest BCUT2D eigenvalue weighted by atomic mass is 32.1. The van der Waals surface area contributed by atoms with Gasteiger partial charge in [0.15, 0.2) is 5.58 Å². The van der Waals surface area contributed by atoms with E-state index in [9.17, 15) is 0 Å². The number of hydrogen-bond acceptors (Lipinski definition) is 5. The Kier molecular flexibility index (Phi) is 7.00. The molecule has 0 radical (unpaired) electrons. The summed E-state index contributed by atoms with van der Waals surface area (Å²) in [4.78, 5) is 7.08. The van der Waals surface area contributed by atoms with Gasteiger partial charge in [-0.15, -0.1) is 11.3 Å². The maximum Gasteiger partial charge on any atom is 0.227 e. The summed E-state index contributed by atoms with van der Waals surface area (Å²) < 4.78 is 15.2. The van der Waals surface area contributed by atoms with Gasteiger partial charge >= 0.3 is 0 Å². The fraction of sp³-hybridized carbons (Fsp3) is 0. The van der Waals surface area contributed by atoms with Crippen molar-refractivity contribution in [2.24, 2.45) is 0 Å². The highest BCUT2D eigenvalue weighted by molar-refractivity contribution is 7.26. The first-order valence-corrected chi connectivity index (χ1v) is 18.8. The largest absolute Gasteiger partial charge is 0.456 e. The van der Waals surface area contributed by atoms with Gasteiger partial charge in [0.05, 0.1) is 0 Å². The molecule has 11 rings (SSSR count). The zero-order chi connectivity index (χ0) is 35.6. The third-order valence-corrected chi connectivity index (χ3v) is 11.5. The Morgan fingerprint density at radius 2 is 1.06 bits per heavy atom. The molecule has 0 bridgehead atoms. The fourth-order valence-corrected chi connectivity index (χ4v) is 8.91. The maximum absolute atomic E-state index is 6.40. The molecule has 8 aromatic carbocycles. The van der Waals surface area contributed by atoms with Crippen molar-refractivity contribution in [2.45, 2.75) is 0 Å². The summed E-state index contributed by atoms with van der Waals surface area (Å²) in [5.74, 6) is 0.608. The minimum atomic E-state index is 0.608. The van der Waals surface area contributed by atoms with E-state index in [1.165, 1.54) is 31.3 Å². The lowest BCUT2D eigenvalue weighted by Gasteiger charge is -2.26. The molecule has 54 heavy (non-hydrogen) atoms. The average Bonchev–Trinajstić information content (AvgIpc) is 3.94. The molecule has 0 aliphatic carbocycles. The van der Waals surface area contributed by atoms with Crippen LogP contribution >= 0.6 is 11.3 Å². The van der Waals surface area contributed by atoms with E-state index < -0.39 is 0 Å². The minimum Gasteiger partial charge on any atom is -0.456 e. The van der Waals surface area contributed by atoms with Crippen LogP contribution in [0.15, 0.2) is 191 Å². The number of rotatable bonds is 6. The number of nitrogens with zero attached hydrogens (tertiary/aromatic N) is 2. The number of benzene rings is 8. The second kappa shape index (κ2) is 12.3. The summed E-state index contributed by atoms with van der Waals surface area (Å²) in [6.07, 6.45) is 0. The monoisotopic (exact) mass is 710 g/mol. The highest BCUT2D eigenvalue weighted by Crippen LogP contribution is 2.42. The van der Waals surface area contributed by atoms with Gasteiger partial charge in [0.25, 0.3) is 0 Å². The zero-order valence-corrected chi connectivity index (χ0v) is 29.8. The average molecular weight is 711 g/mol. The number of hydrogen-bond donors (Lipinski definition) is 0. The Morgan fingerprint density at radius 3 is 1.85 bits per heavy atom. The summed E-state index contributed by atoms with van der Waals surface area (Å²) in [7, 11) is 0. The van der Waals surface area contributed by atoms with Crippen molar-refractivity contribution in [1.29, 1.82) is 0 Å². The third kappa shape index (κ3) is 5.09. The van der Waals surface area contributed by atoms with E-state index in [1.807, 2.05) is 47.7 Å². The molecule has 0 aliphatic heterocycles. The fourth-order valence-electron chi connectivity index (χ4n) is 7.67. The van der Waals surface area contributed by atoms with Crippen LogP contribution in [0.2, 0.25) is 0 Å². The van der Waals surface area contributed by atoms with Crippen LogP contribution in [0, 0.1) is 0 Å². The molecule has 3 aromatic heterocycles. The van der Waals surface area contributed by atoms with Crippen LogP contribution in [0.25, 0.3) is 86.9 Å². The molecule has 0 saturated carbocycles. The lowest BCUT2D eigenvalue weighted by molar-refractivity contribution is 0.617. The molecular weight excluding hydrogens is 681 g/mol. The van der Waals surface area contributed by atoms with Crippen molar-refractivity contribution in [3.63, 3.8) is 0 Å². The van der Waals surface area contributed by atoms with Crippen LogP contribution in [0.3, 0.4) is 0 Å². The molecule has 5 heteroatoms. The smallest absolute Gasteiger partial charge is 0.227 e. The van der Waals surface area contributed by atoms with Gasteiger partial charge in [0.1, 0.15) is 16.7 Å². The van der Waals surface area contributed by atoms with Gasteiger partial charge in [0, 0.05) is 59.6 Å². The van der Waals surface area contributed by atoms with Crippen molar-refractivity contribution in [1.82, 2.24) is 4.98 Å². The van der Waals surface area contributed by atoms with Crippen molar-refractivity contribution in [3.05, 3.63) is 182 Å². The standard InChI is InChI=1S/C49H30N2O2S/c1-3-10-33(11-4-1)49-50-43-29-42-39-27-22-34(28-44(39)52-45(42)30-46(43)53-49)31-18-23-36(24-19-31)51(35-12-5-2-6-13-35)37-25-20-32(21-26-37)38-15-9-16-41-40-14-7-8-17-47(40)54-48(38)41/h1-30H. The summed E-state index contributed by atoms with van der Waals surface area (Å²) in [6, 6.07) is 64.0. The summed E-state index contributed by atoms with van der Waals surface area (Å²) in [6.45, 7) is 0. The Balaban J connectivity index is 0.920. The molecule has 0 unspecified atom stereocenters. The molecule has 4 nitrogen and oxygen atoms in total. The molecule has 0 fully saturated rings. The maximum atomic E-state index is 6.40. The predicted octanol–water partition coefficient (Wildman–Crippen LogP) is 14.6. The predicted molar refractivity (Wildman–Crippen MR) is 225 cm³/mol. The quantitative estimate of drug-likeness (QED) is 0.172. The molecular formula is C49H30N2O2S. The number of furan rings is 1. The minimum absolute atomic E-state index is 0.608. The van der Waals surface area contributed by atoms with Crippen LogP contribution in [0.4, 0.5) is 17.1 Å². The first-order chi connectivity index (χ1) is 26.7. The van der Waals surface area contributed by atoms with E-state index in [0.29, 0.717) is 11.5 Å². The van der Waals surface area contributed by atoms with Crippen molar-refractivity contribution in [2.75, 3.05) is 4.90 Å². The van der Waals surface area contributed by atoms with Crippen molar-refractivity contribution >= 4 is 81.6 Å². The summed E-state index contributed by atoms with van der Waals surface area (Å²) in [5.41, 5.74) is 12.1. The summed E-state index contributed by atoms with van der Waals surface area (Å²) in [5, 5.41) is 4.71. The van der Waals surface area contributed by atoms with Gasteiger partial charge in [-0.3, -0.25) is 0 Å². The number of para-hydroxylation sites is 1. The summed E-state index contributed by atoms with van der Waals surface area (Å²) >= 11 is 1.87. The molecule has 0 N–H and O–H groups in total. The van der Waals surface area contributed by atoms with E-state index in [2.05, 4.69) is 150 Å². The van der Waals surface area contributed by atoms with Gasteiger partial charge < -0.3 is 13.7 Å². The van der Waals surface area contributed by atoms with Gasteiger partial charge in [-0.2, -0.15) is 0 Å². The van der Waals surface area contributed by atoms with E-state index in [0.717, 1.165) is 61.2 Å². The Hall–Kier alpha value is -6.95. The van der Waals surface area contributed by atoms with Crippen LogP contribution < -0.4 is 4.90 Å². The first kappa shape index (κ1) is 30.7. The van der Waals surface area contributed by atoms with Gasteiger partial charge in [0.2, 0.25) is 5.89 Å². The van der Waals surface area contributed by atoms with Crippen LogP contribution in [0.5, 0.6) is 0 Å². The van der Waals surface area contributed by atoms with E-state index >= 15 is 0 Å². The van der Waals surface area contributed by atoms with Gasteiger partial charge in [-0.1, -0.05) is 103 Å². The highest BCUT2D eigenvalue weighted by Gasteiger charge is 2.17. The van der Waals surface area contributed by atoms with Crippen LogP contribution in [-0.4, -0.2) is 4.98 Å². The second-order valence-electron chi connectivity index (χ2n) is 13.6. The number of aromatic nitrogens is 1. The van der Waals surface area contributed by atoms with E-state index in [-0.39, 0.29) is 0 Å². The SMILES string of the molecule is c1ccc(-c2nc3cc4c(cc3o2)oc2cc(-c3ccc(N(c5ccccc5)c5ccc(-c6cccc7c6sc6ccccc67)cc5)cc3)ccc24)cc1. The zero-order valence-electron chi connectivity index (χ0n) is 28.9. The molecule has 3 heterocycles. The molecule has 0 saturated heterocycles.